The molecule has 4 rings (SSSR count). The smallest absolute Gasteiger partial charge is 0.273 e. The van der Waals surface area contributed by atoms with Crippen molar-refractivity contribution >= 4 is 15.9 Å². The first-order chi connectivity index (χ1) is 14.8. The van der Waals surface area contributed by atoms with Crippen molar-refractivity contribution in [2.75, 3.05) is 6.54 Å². The number of hydrogen-bond donors (Lipinski definition) is 2. The number of rotatable bonds is 6. The zero-order valence-electron chi connectivity index (χ0n) is 16.4. The Morgan fingerprint density at radius 1 is 1.19 bits per heavy atom. The van der Waals surface area contributed by atoms with Crippen LogP contribution in [0.15, 0.2) is 53.4 Å². The van der Waals surface area contributed by atoms with E-state index in [-0.39, 0.29) is 35.0 Å². The predicted octanol–water partition coefficient (Wildman–Crippen LogP) is 1.31. The average Bonchev–Trinajstić information content (AvgIpc) is 3.17. The first kappa shape index (κ1) is 21.1. The number of primary sulfonamides is 1. The van der Waals surface area contributed by atoms with Crippen molar-refractivity contribution in [2.24, 2.45) is 5.14 Å². The Balaban J connectivity index is 1.35. The largest absolute Gasteiger partial charge is 0.365 e. The van der Waals surface area contributed by atoms with E-state index in [4.69, 9.17) is 9.88 Å². The molecule has 2 heterocycles. The van der Waals surface area contributed by atoms with Crippen molar-refractivity contribution in [1.82, 2.24) is 20.3 Å². The van der Waals surface area contributed by atoms with Crippen molar-refractivity contribution in [3.63, 3.8) is 0 Å². The molecular weight excluding hydrogens is 425 g/mol. The molecule has 0 radical (unpaired) electrons. The summed E-state index contributed by atoms with van der Waals surface area (Å²) in [6.07, 6.45) is 0.203. The van der Waals surface area contributed by atoms with Gasteiger partial charge in [0.2, 0.25) is 10.0 Å². The van der Waals surface area contributed by atoms with Gasteiger partial charge in [-0.25, -0.2) is 22.6 Å². The van der Waals surface area contributed by atoms with Gasteiger partial charge in [0.15, 0.2) is 5.69 Å². The lowest BCUT2D eigenvalue weighted by molar-refractivity contribution is -0.00180. The number of aromatic nitrogens is 3. The van der Waals surface area contributed by atoms with Crippen molar-refractivity contribution in [3.05, 3.63) is 76.9 Å². The van der Waals surface area contributed by atoms with Crippen LogP contribution in [0.1, 0.15) is 33.4 Å². The van der Waals surface area contributed by atoms with Gasteiger partial charge in [-0.1, -0.05) is 29.5 Å². The number of fused-ring (bicyclic) bond motifs is 1. The number of nitrogens with two attached hydrogens (primary N) is 1. The third-order valence-electron chi connectivity index (χ3n) is 5.01. The van der Waals surface area contributed by atoms with Gasteiger partial charge in [0, 0.05) is 6.54 Å². The van der Waals surface area contributed by atoms with Crippen LogP contribution in [0.4, 0.5) is 4.39 Å². The second kappa shape index (κ2) is 8.53. The molecule has 1 aliphatic rings. The summed E-state index contributed by atoms with van der Waals surface area (Å²) in [7, 11) is -3.73. The van der Waals surface area contributed by atoms with Crippen molar-refractivity contribution < 1.29 is 22.3 Å². The lowest BCUT2D eigenvalue weighted by Crippen LogP contribution is -2.29. The quantitative estimate of drug-likeness (QED) is 0.589. The SMILES string of the molecule is NS(=O)(=O)c1ccc(CCNC(=O)c2nnn3c2CO[C@@H](c2ccc(F)cc2)C3)cc1. The molecule has 0 fully saturated rings. The highest BCUT2D eigenvalue weighted by molar-refractivity contribution is 7.89. The normalized spacial score (nSPS) is 16.0. The van der Waals surface area contributed by atoms with Crippen LogP contribution in [0.2, 0.25) is 0 Å². The summed E-state index contributed by atoms with van der Waals surface area (Å²) in [6.45, 7) is 0.864. The summed E-state index contributed by atoms with van der Waals surface area (Å²) in [5.41, 5.74) is 2.45. The molecule has 3 N–H and O–H groups in total. The standard InChI is InChI=1S/C20H20FN5O4S/c21-15-5-3-14(4-6-15)18-11-26-17(12-30-18)19(24-25-26)20(27)23-10-9-13-1-7-16(8-2-13)31(22,28)29/h1-8,18H,9-12H2,(H,23,27)(H2,22,28,29)/t18-/m1/s1. The van der Waals surface area contributed by atoms with Gasteiger partial charge in [0.05, 0.1) is 23.7 Å². The Hall–Kier alpha value is -3.15. The summed E-state index contributed by atoms with van der Waals surface area (Å²) in [5, 5.41) is 15.9. The fourth-order valence-electron chi connectivity index (χ4n) is 3.32. The molecule has 0 spiro atoms. The molecule has 31 heavy (non-hydrogen) atoms. The molecule has 2 aromatic carbocycles. The Morgan fingerprint density at radius 2 is 1.90 bits per heavy atom. The molecule has 0 aliphatic carbocycles. The molecule has 0 saturated heterocycles. The summed E-state index contributed by atoms with van der Waals surface area (Å²) >= 11 is 0. The van der Waals surface area contributed by atoms with Gasteiger partial charge in [-0.05, 0) is 41.8 Å². The Morgan fingerprint density at radius 3 is 2.58 bits per heavy atom. The van der Waals surface area contributed by atoms with E-state index >= 15 is 0 Å². The molecular formula is C20H20FN5O4S. The van der Waals surface area contributed by atoms with E-state index in [9.17, 15) is 17.6 Å². The number of hydrogen-bond acceptors (Lipinski definition) is 6. The summed E-state index contributed by atoms with van der Waals surface area (Å²) in [5.74, 6) is -0.688. The minimum absolute atomic E-state index is 0.0370. The number of halogens is 1. The second-order valence-electron chi connectivity index (χ2n) is 7.11. The third-order valence-corrected chi connectivity index (χ3v) is 5.93. The van der Waals surface area contributed by atoms with Crippen LogP contribution in [-0.2, 0) is 34.3 Å². The fourth-order valence-corrected chi connectivity index (χ4v) is 3.83. The maximum Gasteiger partial charge on any atom is 0.273 e. The van der Waals surface area contributed by atoms with Gasteiger partial charge in [-0.2, -0.15) is 0 Å². The maximum atomic E-state index is 13.1. The molecule has 1 aromatic heterocycles. The molecule has 0 bridgehead atoms. The molecule has 1 atom stereocenters. The number of nitrogens with one attached hydrogen (secondary N) is 1. The van der Waals surface area contributed by atoms with Gasteiger partial charge >= 0.3 is 0 Å². The summed E-state index contributed by atoms with van der Waals surface area (Å²) in [6, 6.07) is 12.2. The molecule has 3 aromatic rings. The number of carbonyl (C=O) groups is 1. The highest BCUT2D eigenvalue weighted by Gasteiger charge is 2.27. The van der Waals surface area contributed by atoms with Gasteiger partial charge in [0.1, 0.15) is 11.9 Å². The lowest BCUT2D eigenvalue weighted by Gasteiger charge is -2.24. The second-order valence-corrected chi connectivity index (χ2v) is 8.67. The lowest BCUT2D eigenvalue weighted by atomic mass is 10.1. The van der Waals surface area contributed by atoms with E-state index < -0.39 is 10.0 Å². The molecule has 9 nitrogen and oxygen atoms in total. The van der Waals surface area contributed by atoms with Crippen LogP contribution < -0.4 is 10.5 Å². The molecule has 11 heteroatoms. The van der Waals surface area contributed by atoms with Crippen LogP contribution in [0.25, 0.3) is 0 Å². The third kappa shape index (κ3) is 4.79. The number of sulfonamides is 1. The Kier molecular flexibility index (Phi) is 5.81. The monoisotopic (exact) mass is 445 g/mol. The van der Waals surface area contributed by atoms with E-state index in [2.05, 4.69) is 15.6 Å². The zero-order valence-corrected chi connectivity index (χ0v) is 17.2. The zero-order chi connectivity index (χ0) is 22.0. The molecule has 1 aliphatic heterocycles. The van der Waals surface area contributed by atoms with E-state index in [1.807, 2.05) is 0 Å². The first-order valence-corrected chi connectivity index (χ1v) is 11.1. The molecule has 162 valence electrons. The predicted molar refractivity (Wildman–Crippen MR) is 108 cm³/mol. The van der Waals surface area contributed by atoms with Gasteiger partial charge in [0.25, 0.3) is 5.91 Å². The minimum Gasteiger partial charge on any atom is -0.365 e. The highest BCUT2D eigenvalue weighted by atomic mass is 32.2. The van der Waals surface area contributed by atoms with Crippen LogP contribution in [0.3, 0.4) is 0 Å². The Bertz CT molecular complexity index is 1190. The van der Waals surface area contributed by atoms with Gasteiger partial charge < -0.3 is 10.1 Å². The summed E-state index contributed by atoms with van der Waals surface area (Å²) < 4.78 is 43.2. The number of carbonyl (C=O) groups excluding carboxylic acids is 1. The van der Waals surface area contributed by atoms with E-state index in [1.165, 1.54) is 24.3 Å². The van der Waals surface area contributed by atoms with Crippen LogP contribution in [0.5, 0.6) is 0 Å². The first-order valence-electron chi connectivity index (χ1n) is 9.50. The number of amides is 1. The number of ether oxygens (including phenoxy) is 1. The van der Waals surface area contributed by atoms with Crippen LogP contribution >= 0.6 is 0 Å². The highest BCUT2D eigenvalue weighted by Crippen LogP contribution is 2.27. The van der Waals surface area contributed by atoms with E-state index in [0.717, 1.165) is 11.1 Å². The fraction of sp³-hybridized carbons (Fsp3) is 0.250. The molecule has 0 saturated carbocycles. The van der Waals surface area contributed by atoms with Gasteiger partial charge in [-0.15, -0.1) is 5.10 Å². The molecule has 0 unspecified atom stereocenters. The minimum atomic E-state index is -3.73. The summed E-state index contributed by atoms with van der Waals surface area (Å²) in [4.78, 5) is 12.6. The van der Waals surface area contributed by atoms with Crippen molar-refractivity contribution in [1.29, 1.82) is 0 Å². The number of benzene rings is 2. The van der Waals surface area contributed by atoms with Crippen molar-refractivity contribution in [2.45, 2.75) is 30.6 Å². The van der Waals surface area contributed by atoms with E-state index in [1.54, 1.807) is 28.9 Å². The molecule has 1 amide bonds. The average molecular weight is 445 g/mol. The Labute approximate surface area is 178 Å². The van der Waals surface area contributed by atoms with Crippen molar-refractivity contribution in [3.8, 4) is 0 Å². The topological polar surface area (TPSA) is 129 Å². The maximum absolute atomic E-state index is 13.1. The number of nitrogens with zero attached hydrogens (tertiary/aromatic N) is 3. The van der Waals surface area contributed by atoms with Crippen LogP contribution in [0, 0.1) is 5.82 Å². The van der Waals surface area contributed by atoms with Crippen LogP contribution in [-0.4, -0.2) is 35.9 Å². The van der Waals surface area contributed by atoms with E-state index in [0.29, 0.717) is 25.2 Å². The van der Waals surface area contributed by atoms with Gasteiger partial charge in [-0.3, -0.25) is 4.79 Å².